The van der Waals surface area contributed by atoms with Crippen molar-refractivity contribution in [3.05, 3.63) is 0 Å². The Balaban J connectivity index is 1.75. The van der Waals surface area contributed by atoms with Crippen molar-refractivity contribution in [2.24, 2.45) is 5.92 Å². The average Bonchev–Trinajstić information content (AvgIpc) is 2.83. The lowest BCUT2D eigenvalue weighted by molar-refractivity contribution is -0.130. The molecule has 3 aliphatic rings. The molecule has 0 N–H and O–H groups in total. The molecule has 4 nitrogen and oxygen atoms in total. The Morgan fingerprint density at radius 3 is 2.60 bits per heavy atom. The van der Waals surface area contributed by atoms with Crippen LogP contribution in [0.15, 0.2) is 0 Å². The highest BCUT2D eigenvalue weighted by Crippen LogP contribution is 2.40. The molecule has 82 valence electrons. The van der Waals surface area contributed by atoms with Crippen LogP contribution in [0.25, 0.3) is 0 Å². The number of hydrogen-bond acceptors (Lipinski definition) is 3. The van der Waals surface area contributed by atoms with Crippen LogP contribution in [0.3, 0.4) is 0 Å². The molecule has 2 unspecified atom stereocenters. The monoisotopic (exact) mass is 209 g/mol. The summed E-state index contributed by atoms with van der Waals surface area (Å²) >= 11 is 0. The highest BCUT2D eigenvalue weighted by molar-refractivity contribution is 6.05. The number of ether oxygens (including phenoxy) is 1. The summed E-state index contributed by atoms with van der Waals surface area (Å²) in [5.41, 5.74) is 0. The number of nitrogens with zero attached hydrogens (tertiary/aromatic N) is 1. The van der Waals surface area contributed by atoms with Crippen molar-refractivity contribution in [2.75, 3.05) is 13.2 Å². The predicted octanol–water partition coefficient (Wildman–Crippen LogP) is 0.355. The third-order valence-electron chi connectivity index (χ3n) is 3.61. The van der Waals surface area contributed by atoms with Crippen LogP contribution in [-0.4, -0.2) is 41.9 Å². The van der Waals surface area contributed by atoms with E-state index in [0.717, 1.165) is 13.0 Å². The van der Waals surface area contributed by atoms with Crippen LogP contribution in [0.5, 0.6) is 0 Å². The minimum absolute atomic E-state index is 0.00106. The van der Waals surface area contributed by atoms with Crippen molar-refractivity contribution in [3.63, 3.8) is 0 Å². The van der Waals surface area contributed by atoms with Gasteiger partial charge in [-0.3, -0.25) is 9.59 Å². The van der Waals surface area contributed by atoms with E-state index in [1.165, 1.54) is 12.8 Å². The first-order chi connectivity index (χ1) is 7.25. The minimum atomic E-state index is 0.00106. The maximum atomic E-state index is 11.6. The Hall–Kier alpha value is -0.900. The molecule has 0 spiro atoms. The number of carbonyl (C=O) groups excluding carboxylic acids is 2. The molecule has 15 heavy (non-hydrogen) atoms. The summed E-state index contributed by atoms with van der Waals surface area (Å²) < 4.78 is 5.68. The van der Waals surface area contributed by atoms with E-state index in [0.29, 0.717) is 12.5 Å². The standard InChI is InChI=1S/C11H15NO3/c13-8-5-10(14)12(6-8)9-3-4-15-11(9)7-1-2-7/h7,9,11H,1-6H2. The molecule has 1 aliphatic carbocycles. The molecule has 1 saturated carbocycles. The van der Waals surface area contributed by atoms with Gasteiger partial charge in [0.2, 0.25) is 5.91 Å². The van der Waals surface area contributed by atoms with Gasteiger partial charge in [-0.15, -0.1) is 0 Å². The van der Waals surface area contributed by atoms with Crippen LogP contribution >= 0.6 is 0 Å². The summed E-state index contributed by atoms with van der Waals surface area (Å²) in [5.74, 6) is 0.698. The Morgan fingerprint density at radius 2 is 2.00 bits per heavy atom. The average molecular weight is 209 g/mol. The number of amides is 1. The quantitative estimate of drug-likeness (QED) is 0.617. The summed E-state index contributed by atoms with van der Waals surface area (Å²) in [6.45, 7) is 1.06. The fraction of sp³-hybridized carbons (Fsp3) is 0.818. The fourth-order valence-electron chi connectivity index (χ4n) is 2.71. The smallest absolute Gasteiger partial charge is 0.230 e. The molecule has 0 aromatic rings. The maximum Gasteiger partial charge on any atom is 0.230 e. The van der Waals surface area contributed by atoms with Gasteiger partial charge in [-0.25, -0.2) is 0 Å². The zero-order valence-corrected chi connectivity index (χ0v) is 8.65. The van der Waals surface area contributed by atoms with Crippen LogP contribution in [0.2, 0.25) is 0 Å². The van der Waals surface area contributed by atoms with Crippen molar-refractivity contribution in [2.45, 2.75) is 37.8 Å². The van der Waals surface area contributed by atoms with Crippen LogP contribution in [0, 0.1) is 5.92 Å². The highest BCUT2D eigenvalue weighted by Gasteiger charge is 2.46. The molecule has 2 heterocycles. The molecular formula is C11H15NO3. The number of rotatable bonds is 2. The van der Waals surface area contributed by atoms with Crippen LogP contribution in [0.1, 0.15) is 25.7 Å². The van der Waals surface area contributed by atoms with E-state index < -0.39 is 0 Å². The van der Waals surface area contributed by atoms with E-state index >= 15 is 0 Å². The molecule has 1 amide bonds. The lowest BCUT2D eigenvalue weighted by atomic mass is 10.1. The zero-order valence-electron chi connectivity index (χ0n) is 8.65. The van der Waals surface area contributed by atoms with Gasteiger partial charge in [-0.1, -0.05) is 0 Å². The van der Waals surface area contributed by atoms with Crippen molar-refractivity contribution >= 4 is 11.7 Å². The van der Waals surface area contributed by atoms with E-state index in [1.54, 1.807) is 4.90 Å². The molecule has 2 saturated heterocycles. The number of Topliss-reactive ketones (excluding diaryl/α,β-unsaturated/α-hetero) is 1. The molecule has 0 bridgehead atoms. The summed E-state index contributed by atoms with van der Waals surface area (Å²) in [5, 5.41) is 0. The second-order valence-corrected chi connectivity index (χ2v) is 4.77. The molecule has 4 heteroatoms. The molecule has 3 fully saturated rings. The van der Waals surface area contributed by atoms with E-state index in [4.69, 9.17) is 4.74 Å². The van der Waals surface area contributed by atoms with Crippen molar-refractivity contribution in [1.29, 1.82) is 0 Å². The largest absolute Gasteiger partial charge is 0.376 e. The molecule has 3 rings (SSSR count). The summed E-state index contributed by atoms with van der Waals surface area (Å²) in [4.78, 5) is 24.6. The van der Waals surface area contributed by atoms with E-state index in [9.17, 15) is 9.59 Å². The van der Waals surface area contributed by atoms with E-state index in [1.807, 2.05) is 0 Å². The van der Waals surface area contributed by atoms with Crippen molar-refractivity contribution in [1.82, 2.24) is 4.90 Å². The predicted molar refractivity (Wildman–Crippen MR) is 52.2 cm³/mol. The number of ketones is 1. The van der Waals surface area contributed by atoms with Gasteiger partial charge in [0.1, 0.15) is 0 Å². The highest BCUT2D eigenvalue weighted by atomic mass is 16.5. The molecular weight excluding hydrogens is 194 g/mol. The van der Waals surface area contributed by atoms with Crippen molar-refractivity contribution < 1.29 is 14.3 Å². The first-order valence-corrected chi connectivity index (χ1v) is 5.68. The van der Waals surface area contributed by atoms with E-state index in [-0.39, 0.29) is 30.3 Å². The van der Waals surface area contributed by atoms with Gasteiger partial charge >= 0.3 is 0 Å². The molecule has 0 aromatic carbocycles. The number of carbonyl (C=O) groups is 2. The topological polar surface area (TPSA) is 46.6 Å². The second kappa shape index (κ2) is 3.30. The normalized spacial score (nSPS) is 36.7. The first kappa shape index (κ1) is 9.33. The summed E-state index contributed by atoms with van der Waals surface area (Å²) in [7, 11) is 0. The molecule has 0 aromatic heterocycles. The number of hydrogen-bond donors (Lipinski definition) is 0. The van der Waals surface area contributed by atoms with Crippen molar-refractivity contribution in [3.8, 4) is 0 Å². The Kier molecular flexibility index (Phi) is 2.06. The fourth-order valence-corrected chi connectivity index (χ4v) is 2.71. The zero-order chi connectivity index (χ0) is 10.4. The van der Waals surface area contributed by atoms with Crippen LogP contribution < -0.4 is 0 Å². The molecule has 2 aliphatic heterocycles. The lowest BCUT2D eigenvalue weighted by Gasteiger charge is -2.27. The van der Waals surface area contributed by atoms with Gasteiger partial charge in [0.05, 0.1) is 25.1 Å². The van der Waals surface area contributed by atoms with Gasteiger partial charge in [0.15, 0.2) is 5.78 Å². The van der Waals surface area contributed by atoms with Gasteiger partial charge in [-0.2, -0.15) is 0 Å². The lowest BCUT2D eigenvalue weighted by Crippen LogP contribution is -2.42. The third-order valence-corrected chi connectivity index (χ3v) is 3.61. The summed E-state index contributed by atoms with van der Waals surface area (Å²) in [6, 6.07) is 0.177. The van der Waals surface area contributed by atoms with Gasteiger partial charge in [0, 0.05) is 6.61 Å². The first-order valence-electron chi connectivity index (χ1n) is 5.68. The third kappa shape index (κ3) is 1.57. The van der Waals surface area contributed by atoms with Gasteiger partial charge in [0.25, 0.3) is 0 Å². The summed E-state index contributed by atoms with van der Waals surface area (Å²) in [6.07, 6.45) is 3.65. The molecule has 0 radical (unpaired) electrons. The van der Waals surface area contributed by atoms with Gasteiger partial charge < -0.3 is 9.64 Å². The maximum absolute atomic E-state index is 11.6. The minimum Gasteiger partial charge on any atom is -0.376 e. The van der Waals surface area contributed by atoms with Gasteiger partial charge in [-0.05, 0) is 25.2 Å². The Labute approximate surface area is 88.6 Å². The van der Waals surface area contributed by atoms with Crippen LogP contribution in [-0.2, 0) is 14.3 Å². The van der Waals surface area contributed by atoms with Crippen LogP contribution in [0.4, 0.5) is 0 Å². The van der Waals surface area contributed by atoms with E-state index in [2.05, 4.69) is 0 Å². The molecule has 2 atom stereocenters. The Morgan fingerprint density at radius 1 is 1.20 bits per heavy atom. The SMILES string of the molecule is O=C1CC(=O)N(C2CCOC2C2CC2)C1. The Bertz CT molecular complexity index is 311. The number of likely N-dealkylation sites (tertiary alicyclic amines) is 1. The second-order valence-electron chi connectivity index (χ2n) is 4.77.